The predicted octanol–water partition coefficient (Wildman–Crippen LogP) is 3.75. The fourth-order valence-electron chi connectivity index (χ4n) is 3.74. The van der Waals surface area contributed by atoms with Crippen molar-refractivity contribution in [2.45, 2.75) is 39.7 Å². The van der Waals surface area contributed by atoms with E-state index >= 15 is 0 Å². The Labute approximate surface area is 192 Å². The Bertz CT molecular complexity index is 1150. The molecular formula is C24H28N6O3. The van der Waals surface area contributed by atoms with E-state index < -0.39 is 0 Å². The van der Waals surface area contributed by atoms with Crippen molar-refractivity contribution in [3.8, 4) is 5.69 Å². The van der Waals surface area contributed by atoms with Crippen LogP contribution in [-0.4, -0.2) is 46.2 Å². The third-order valence-corrected chi connectivity index (χ3v) is 5.48. The van der Waals surface area contributed by atoms with Gasteiger partial charge in [-0.25, -0.2) is 4.79 Å². The summed E-state index contributed by atoms with van der Waals surface area (Å²) in [6.07, 6.45) is 2.08. The molecule has 9 nitrogen and oxygen atoms in total. The van der Waals surface area contributed by atoms with Gasteiger partial charge in [0, 0.05) is 24.5 Å². The first-order valence-electron chi connectivity index (χ1n) is 11.0. The van der Waals surface area contributed by atoms with Crippen molar-refractivity contribution in [1.82, 2.24) is 20.3 Å². The lowest BCUT2D eigenvalue weighted by atomic mass is 10.1. The fraction of sp³-hybridized carbons (Fsp3) is 0.333. The molecule has 0 radical (unpaired) electrons. The Balaban J connectivity index is 1.35. The first kappa shape index (κ1) is 22.5. The van der Waals surface area contributed by atoms with Crippen LogP contribution in [0.15, 0.2) is 42.5 Å². The summed E-state index contributed by atoms with van der Waals surface area (Å²) in [6.45, 7) is 7.00. The van der Waals surface area contributed by atoms with Gasteiger partial charge in [-0.1, -0.05) is 17.7 Å². The average Bonchev–Trinajstić information content (AvgIpc) is 3.43. The number of rotatable bonds is 6. The van der Waals surface area contributed by atoms with Crippen LogP contribution in [0.5, 0.6) is 0 Å². The maximum atomic E-state index is 12.8. The van der Waals surface area contributed by atoms with Crippen molar-refractivity contribution in [3.05, 3.63) is 65.0 Å². The molecule has 0 aliphatic carbocycles. The minimum atomic E-state index is -0.349. The quantitative estimate of drug-likeness (QED) is 0.532. The van der Waals surface area contributed by atoms with Crippen molar-refractivity contribution in [1.29, 1.82) is 0 Å². The SMILES string of the molecule is Cc1ccc(-n2nc(C)c(C(=O)Nc3ccc(NC(=O)NCC4CCCO4)cc3)n2)c(C)c1. The molecule has 1 fully saturated rings. The van der Waals surface area contributed by atoms with Gasteiger partial charge in [0.1, 0.15) is 0 Å². The third-order valence-electron chi connectivity index (χ3n) is 5.48. The first-order chi connectivity index (χ1) is 15.9. The molecule has 2 aromatic carbocycles. The number of nitrogens with zero attached hydrogens (tertiary/aromatic N) is 3. The van der Waals surface area contributed by atoms with E-state index in [1.165, 1.54) is 4.80 Å². The van der Waals surface area contributed by atoms with Gasteiger partial charge in [-0.05, 0) is 69.5 Å². The second kappa shape index (κ2) is 9.83. The molecule has 3 amide bonds. The number of amides is 3. The largest absolute Gasteiger partial charge is 0.376 e. The van der Waals surface area contributed by atoms with Gasteiger partial charge in [0.05, 0.1) is 17.5 Å². The van der Waals surface area contributed by atoms with E-state index in [-0.39, 0.29) is 23.7 Å². The molecular weight excluding hydrogens is 420 g/mol. The number of aromatic nitrogens is 3. The van der Waals surface area contributed by atoms with Crippen molar-refractivity contribution in [3.63, 3.8) is 0 Å². The molecule has 1 saturated heterocycles. The molecule has 1 unspecified atom stereocenters. The van der Waals surface area contributed by atoms with E-state index in [1.807, 2.05) is 32.0 Å². The molecule has 1 aliphatic heterocycles. The van der Waals surface area contributed by atoms with E-state index in [2.05, 4.69) is 26.1 Å². The topological polar surface area (TPSA) is 110 Å². The van der Waals surface area contributed by atoms with Gasteiger partial charge in [0.2, 0.25) is 0 Å². The van der Waals surface area contributed by atoms with Crippen LogP contribution in [0.25, 0.3) is 5.69 Å². The molecule has 33 heavy (non-hydrogen) atoms. The van der Waals surface area contributed by atoms with Crippen molar-refractivity contribution >= 4 is 23.3 Å². The maximum absolute atomic E-state index is 12.8. The van der Waals surface area contributed by atoms with Gasteiger partial charge in [0.25, 0.3) is 5.91 Å². The van der Waals surface area contributed by atoms with E-state index in [9.17, 15) is 9.59 Å². The second-order valence-electron chi connectivity index (χ2n) is 8.21. The minimum absolute atomic E-state index is 0.0877. The highest BCUT2D eigenvalue weighted by Gasteiger charge is 2.18. The second-order valence-corrected chi connectivity index (χ2v) is 8.21. The Morgan fingerprint density at radius 1 is 1.03 bits per heavy atom. The molecule has 3 N–H and O–H groups in total. The number of nitrogens with one attached hydrogen (secondary N) is 3. The summed E-state index contributed by atoms with van der Waals surface area (Å²) in [6, 6.07) is 12.6. The van der Waals surface area contributed by atoms with Gasteiger partial charge >= 0.3 is 6.03 Å². The van der Waals surface area contributed by atoms with Crippen molar-refractivity contribution < 1.29 is 14.3 Å². The molecule has 172 valence electrons. The molecule has 9 heteroatoms. The number of urea groups is 1. The van der Waals surface area contributed by atoms with E-state index in [0.717, 1.165) is 36.3 Å². The lowest BCUT2D eigenvalue weighted by molar-refractivity contribution is 0.102. The predicted molar refractivity (Wildman–Crippen MR) is 126 cm³/mol. The van der Waals surface area contributed by atoms with Crippen LogP contribution < -0.4 is 16.0 Å². The highest BCUT2D eigenvalue weighted by Crippen LogP contribution is 2.18. The number of hydrogen-bond acceptors (Lipinski definition) is 5. The van der Waals surface area contributed by atoms with E-state index in [4.69, 9.17) is 4.74 Å². The van der Waals surface area contributed by atoms with Crippen molar-refractivity contribution in [2.24, 2.45) is 0 Å². The average molecular weight is 449 g/mol. The standard InChI is InChI=1S/C24H28N6O3/c1-15-6-11-21(16(2)13-15)30-28-17(3)22(29-30)23(31)26-18-7-9-19(10-8-18)27-24(32)25-14-20-5-4-12-33-20/h6-11,13,20H,4-5,12,14H2,1-3H3,(H,26,31)(H2,25,27,32). The zero-order chi connectivity index (χ0) is 23.4. The van der Waals surface area contributed by atoms with Crippen LogP contribution in [0.2, 0.25) is 0 Å². The molecule has 0 spiro atoms. The molecule has 3 aromatic rings. The summed E-state index contributed by atoms with van der Waals surface area (Å²) < 4.78 is 5.49. The fourth-order valence-corrected chi connectivity index (χ4v) is 3.74. The van der Waals surface area contributed by atoms with Crippen LogP contribution in [-0.2, 0) is 4.74 Å². The zero-order valence-electron chi connectivity index (χ0n) is 19.0. The van der Waals surface area contributed by atoms with Gasteiger partial charge in [-0.15, -0.1) is 5.10 Å². The monoisotopic (exact) mass is 448 g/mol. The highest BCUT2D eigenvalue weighted by atomic mass is 16.5. The van der Waals surface area contributed by atoms with Crippen LogP contribution in [0.3, 0.4) is 0 Å². The van der Waals surface area contributed by atoms with E-state index in [1.54, 1.807) is 31.2 Å². The molecule has 1 aliphatic rings. The van der Waals surface area contributed by atoms with Crippen LogP contribution in [0.1, 0.15) is 40.2 Å². The smallest absolute Gasteiger partial charge is 0.319 e. The van der Waals surface area contributed by atoms with Crippen LogP contribution in [0.4, 0.5) is 16.2 Å². The third kappa shape index (κ3) is 5.56. The van der Waals surface area contributed by atoms with Crippen LogP contribution in [0, 0.1) is 20.8 Å². The molecule has 1 atom stereocenters. The van der Waals surface area contributed by atoms with Crippen molar-refractivity contribution in [2.75, 3.05) is 23.8 Å². The zero-order valence-corrected chi connectivity index (χ0v) is 19.0. The highest BCUT2D eigenvalue weighted by molar-refractivity contribution is 6.03. The Morgan fingerprint density at radius 2 is 1.76 bits per heavy atom. The summed E-state index contributed by atoms with van der Waals surface area (Å²) >= 11 is 0. The lowest BCUT2D eigenvalue weighted by Gasteiger charge is -2.12. The van der Waals surface area contributed by atoms with Gasteiger partial charge < -0.3 is 20.7 Å². The summed E-state index contributed by atoms with van der Waals surface area (Å²) in [4.78, 5) is 26.3. The number of aryl methyl sites for hydroxylation is 3. The minimum Gasteiger partial charge on any atom is -0.376 e. The van der Waals surface area contributed by atoms with Gasteiger partial charge in [-0.3, -0.25) is 4.79 Å². The molecule has 1 aromatic heterocycles. The number of anilines is 2. The summed E-state index contributed by atoms with van der Waals surface area (Å²) in [5, 5.41) is 17.2. The molecule has 0 bridgehead atoms. The molecule has 2 heterocycles. The number of ether oxygens (including phenoxy) is 1. The van der Waals surface area contributed by atoms with E-state index in [0.29, 0.717) is 23.6 Å². The number of carbonyl (C=O) groups is 2. The number of benzene rings is 2. The Kier molecular flexibility index (Phi) is 6.69. The Morgan fingerprint density at radius 3 is 2.42 bits per heavy atom. The molecule has 0 saturated carbocycles. The normalized spacial score (nSPS) is 15.3. The Hall–Kier alpha value is -3.72. The summed E-state index contributed by atoms with van der Waals surface area (Å²) in [7, 11) is 0. The summed E-state index contributed by atoms with van der Waals surface area (Å²) in [5.74, 6) is -0.349. The first-order valence-corrected chi connectivity index (χ1v) is 11.0. The number of carbonyl (C=O) groups excluding carboxylic acids is 2. The van der Waals surface area contributed by atoms with Crippen LogP contribution >= 0.6 is 0 Å². The van der Waals surface area contributed by atoms with Gasteiger partial charge in [0.15, 0.2) is 5.69 Å². The lowest BCUT2D eigenvalue weighted by Crippen LogP contribution is -2.35. The van der Waals surface area contributed by atoms with Gasteiger partial charge in [-0.2, -0.15) is 9.90 Å². The summed E-state index contributed by atoms with van der Waals surface area (Å²) in [5.41, 5.74) is 5.01. The number of hydrogen-bond donors (Lipinski definition) is 3. The maximum Gasteiger partial charge on any atom is 0.319 e. The molecule has 4 rings (SSSR count).